The maximum atomic E-state index is 13.5. The van der Waals surface area contributed by atoms with E-state index in [-0.39, 0.29) is 17.0 Å². The molecule has 2 rings (SSSR count). The van der Waals surface area contributed by atoms with Gasteiger partial charge in [0.05, 0.1) is 5.69 Å². The van der Waals surface area contributed by atoms with Crippen molar-refractivity contribution < 1.29 is 4.39 Å². The number of nitrogens with zero attached hydrogens (tertiary/aromatic N) is 2. The molecule has 130 valence electrons. The Hall–Kier alpha value is -1.17. The van der Waals surface area contributed by atoms with Gasteiger partial charge in [0, 0.05) is 37.8 Å². The molecular formula is C18H31FN4. The van der Waals surface area contributed by atoms with Crippen LogP contribution in [0.15, 0.2) is 18.2 Å². The molecule has 0 radical (unpaired) electrons. The smallest absolute Gasteiger partial charge is 0.146 e. The highest BCUT2D eigenvalue weighted by Gasteiger charge is 2.30. The Bertz CT molecular complexity index is 508. The standard InChI is InChI=1S/C18H31FN4/c1-18(2,23-10-8-15(9-11-23)22(3)4)13-21-12-14-6-5-7-16(19)17(14)20/h5-7,15,21H,8-13,20H2,1-4H3. The summed E-state index contributed by atoms with van der Waals surface area (Å²) in [7, 11) is 4.33. The molecule has 1 heterocycles. The summed E-state index contributed by atoms with van der Waals surface area (Å²) in [6.45, 7) is 8.24. The van der Waals surface area contributed by atoms with Crippen LogP contribution >= 0.6 is 0 Å². The first-order chi connectivity index (χ1) is 10.8. The van der Waals surface area contributed by atoms with Gasteiger partial charge in [0.15, 0.2) is 0 Å². The molecule has 4 nitrogen and oxygen atoms in total. The van der Waals surface area contributed by atoms with Gasteiger partial charge in [-0.1, -0.05) is 12.1 Å². The van der Waals surface area contributed by atoms with Crippen LogP contribution in [0.5, 0.6) is 0 Å². The maximum Gasteiger partial charge on any atom is 0.146 e. The van der Waals surface area contributed by atoms with Gasteiger partial charge in [-0.3, -0.25) is 4.90 Å². The predicted molar refractivity (Wildman–Crippen MR) is 94.9 cm³/mol. The molecule has 0 atom stereocenters. The third kappa shape index (κ3) is 4.66. The van der Waals surface area contributed by atoms with Crippen molar-refractivity contribution in [2.24, 2.45) is 0 Å². The SMILES string of the molecule is CN(C)C1CCN(C(C)(C)CNCc2cccc(F)c2N)CC1. The fourth-order valence-electron chi connectivity index (χ4n) is 3.34. The Morgan fingerprint density at radius 1 is 1.30 bits per heavy atom. The van der Waals surface area contributed by atoms with Crippen molar-refractivity contribution in [3.63, 3.8) is 0 Å². The number of hydrogen-bond acceptors (Lipinski definition) is 4. The van der Waals surface area contributed by atoms with Crippen LogP contribution in [-0.4, -0.2) is 55.1 Å². The minimum absolute atomic E-state index is 0.0827. The minimum atomic E-state index is -0.339. The van der Waals surface area contributed by atoms with Gasteiger partial charge < -0.3 is 16.0 Å². The highest BCUT2D eigenvalue weighted by molar-refractivity contribution is 5.47. The second-order valence-corrected chi connectivity index (χ2v) is 7.41. The third-order valence-corrected chi connectivity index (χ3v) is 5.07. The molecule has 0 bridgehead atoms. The average molecular weight is 322 g/mol. The second kappa shape index (κ2) is 7.60. The van der Waals surface area contributed by atoms with Crippen molar-refractivity contribution in [1.82, 2.24) is 15.1 Å². The van der Waals surface area contributed by atoms with E-state index in [0.29, 0.717) is 12.6 Å². The highest BCUT2D eigenvalue weighted by Crippen LogP contribution is 2.22. The van der Waals surface area contributed by atoms with Crippen LogP contribution in [0.4, 0.5) is 10.1 Å². The van der Waals surface area contributed by atoms with Crippen LogP contribution in [0.3, 0.4) is 0 Å². The number of hydrogen-bond donors (Lipinski definition) is 2. The molecule has 0 spiro atoms. The van der Waals surface area contributed by atoms with E-state index in [1.54, 1.807) is 6.07 Å². The van der Waals surface area contributed by atoms with Crippen molar-refractivity contribution in [2.45, 2.75) is 44.8 Å². The van der Waals surface area contributed by atoms with Gasteiger partial charge in [-0.25, -0.2) is 4.39 Å². The largest absolute Gasteiger partial charge is 0.396 e. The van der Waals surface area contributed by atoms with Crippen LogP contribution in [0.1, 0.15) is 32.3 Å². The first kappa shape index (κ1) is 18.2. The number of halogens is 1. The van der Waals surface area contributed by atoms with Crippen LogP contribution in [0.2, 0.25) is 0 Å². The molecule has 3 N–H and O–H groups in total. The maximum absolute atomic E-state index is 13.5. The zero-order valence-electron chi connectivity index (χ0n) is 14.9. The average Bonchev–Trinajstić information content (AvgIpc) is 2.51. The van der Waals surface area contributed by atoms with E-state index >= 15 is 0 Å². The number of para-hydroxylation sites is 1. The molecule has 0 aliphatic carbocycles. The van der Waals surface area contributed by atoms with E-state index in [1.165, 1.54) is 18.9 Å². The molecule has 0 aromatic heterocycles. The number of nitrogens with two attached hydrogens (primary N) is 1. The summed E-state index contributed by atoms with van der Waals surface area (Å²) >= 11 is 0. The van der Waals surface area contributed by atoms with Gasteiger partial charge in [0.25, 0.3) is 0 Å². The third-order valence-electron chi connectivity index (χ3n) is 5.07. The lowest BCUT2D eigenvalue weighted by Crippen LogP contribution is -2.55. The Morgan fingerprint density at radius 2 is 1.96 bits per heavy atom. The topological polar surface area (TPSA) is 44.5 Å². The number of piperidine rings is 1. The van der Waals surface area contributed by atoms with Crippen molar-refractivity contribution in [3.8, 4) is 0 Å². The Morgan fingerprint density at radius 3 is 2.57 bits per heavy atom. The lowest BCUT2D eigenvalue weighted by molar-refractivity contribution is 0.0616. The van der Waals surface area contributed by atoms with Gasteiger partial charge >= 0.3 is 0 Å². The Labute approximate surface area is 139 Å². The molecule has 1 fully saturated rings. The molecule has 1 aliphatic heterocycles. The molecule has 23 heavy (non-hydrogen) atoms. The summed E-state index contributed by atoms with van der Waals surface area (Å²) in [6, 6.07) is 5.68. The van der Waals surface area contributed by atoms with Crippen LogP contribution in [0, 0.1) is 5.82 Å². The van der Waals surface area contributed by atoms with Gasteiger partial charge in [-0.05, 0) is 52.4 Å². The van der Waals surface area contributed by atoms with Crippen molar-refractivity contribution >= 4 is 5.69 Å². The number of anilines is 1. The van der Waals surface area contributed by atoms with Gasteiger partial charge in [-0.15, -0.1) is 0 Å². The van der Waals surface area contributed by atoms with E-state index in [1.807, 2.05) is 6.07 Å². The minimum Gasteiger partial charge on any atom is -0.396 e. The van der Waals surface area contributed by atoms with Crippen LogP contribution in [-0.2, 0) is 6.54 Å². The number of benzene rings is 1. The van der Waals surface area contributed by atoms with E-state index in [2.05, 4.69) is 43.1 Å². The molecule has 0 amide bonds. The van der Waals surface area contributed by atoms with E-state index < -0.39 is 0 Å². The second-order valence-electron chi connectivity index (χ2n) is 7.41. The number of nitrogens with one attached hydrogen (secondary N) is 1. The predicted octanol–water partition coefficient (Wildman–Crippen LogP) is 2.30. The molecular weight excluding hydrogens is 291 g/mol. The van der Waals surface area contributed by atoms with Gasteiger partial charge in [0.2, 0.25) is 0 Å². The fourth-order valence-corrected chi connectivity index (χ4v) is 3.34. The van der Waals surface area contributed by atoms with Gasteiger partial charge in [-0.2, -0.15) is 0 Å². The van der Waals surface area contributed by atoms with Crippen molar-refractivity contribution in [1.29, 1.82) is 0 Å². The molecule has 1 saturated heterocycles. The summed E-state index contributed by atoms with van der Waals surface area (Å²) < 4.78 is 13.5. The Kier molecular flexibility index (Phi) is 6.00. The number of rotatable bonds is 6. The van der Waals surface area contributed by atoms with E-state index in [9.17, 15) is 4.39 Å². The first-order valence-corrected chi connectivity index (χ1v) is 8.46. The molecule has 1 aliphatic rings. The van der Waals surface area contributed by atoms with Crippen molar-refractivity contribution in [3.05, 3.63) is 29.6 Å². The quantitative estimate of drug-likeness (QED) is 0.789. The monoisotopic (exact) mass is 322 g/mol. The normalized spacial score (nSPS) is 17.8. The fraction of sp³-hybridized carbons (Fsp3) is 0.667. The number of likely N-dealkylation sites (tertiary alicyclic amines) is 1. The molecule has 0 unspecified atom stereocenters. The zero-order valence-corrected chi connectivity index (χ0v) is 14.9. The summed E-state index contributed by atoms with van der Waals surface area (Å²) in [4.78, 5) is 4.88. The number of nitrogen functional groups attached to an aromatic ring is 1. The molecule has 1 aromatic carbocycles. The summed E-state index contributed by atoms with van der Waals surface area (Å²) in [5, 5.41) is 3.44. The Balaban J connectivity index is 1.83. The highest BCUT2D eigenvalue weighted by atomic mass is 19.1. The zero-order chi connectivity index (χ0) is 17.0. The molecule has 5 heteroatoms. The van der Waals surface area contributed by atoms with Crippen LogP contribution < -0.4 is 11.1 Å². The van der Waals surface area contributed by atoms with E-state index in [4.69, 9.17) is 5.73 Å². The summed E-state index contributed by atoms with van der Waals surface area (Å²) in [6.07, 6.45) is 2.43. The van der Waals surface area contributed by atoms with Gasteiger partial charge in [0.1, 0.15) is 5.82 Å². The molecule has 0 saturated carbocycles. The van der Waals surface area contributed by atoms with E-state index in [0.717, 1.165) is 25.2 Å². The lowest BCUT2D eigenvalue weighted by atomic mass is 9.95. The summed E-state index contributed by atoms with van der Waals surface area (Å²) in [5.41, 5.74) is 6.95. The van der Waals surface area contributed by atoms with Crippen molar-refractivity contribution in [2.75, 3.05) is 39.5 Å². The lowest BCUT2D eigenvalue weighted by Gasteiger charge is -2.44. The summed E-state index contributed by atoms with van der Waals surface area (Å²) in [5.74, 6) is -0.339. The molecule has 1 aromatic rings. The first-order valence-electron chi connectivity index (χ1n) is 8.46. The van der Waals surface area contributed by atoms with Crippen LogP contribution in [0.25, 0.3) is 0 Å².